The zero-order chi connectivity index (χ0) is 48.8. The summed E-state index contributed by atoms with van der Waals surface area (Å²) >= 11 is 12.9. The highest BCUT2D eigenvalue weighted by Gasteiger charge is 2.62. The number of anilines is 2. The van der Waals surface area contributed by atoms with Crippen LogP contribution in [0.5, 0.6) is 5.75 Å². The van der Waals surface area contributed by atoms with Gasteiger partial charge in [-0.15, -0.1) is 0 Å². The summed E-state index contributed by atoms with van der Waals surface area (Å²) in [5.41, 5.74) is 3.18. The third-order valence-electron chi connectivity index (χ3n) is 15.3. The van der Waals surface area contributed by atoms with Crippen molar-refractivity contribution >= 4 is 68.2 Å². The Morgan fingerprint density at radius 3 is 2.52 bits per heavy atom. The number of ether oxygens (including phenoxy) is 1. The van der Waals surface area contributed by atoms with E-state index >= 15 is 4.39 Å². The third kappa shape index (κ3) is 8.25. The average molecular weight is 996 g/mol. The quantitative estimate of drug-likeness (QED) is 0.103. The van der Waals surface area contributed by atoms with E-state index in [1.54, 1.807) is 24.3 Å². The number of piperidine rings is 2. The summed E-state index contributed by atoms with van der Waals surface area (Å²) in [7, 11) is -2.56. The maximum absolute atomic E-state index is 16.3. The van der Waals surface area contributed by atoms with Crippen molar-refractivity contribution < 1.29 is 36.7 Å². The predicted molar refractivity (Wildman–Crippen MR) is 260 cm³/mol. The lowest BCUT2D eigenvalue weighted by Gasteiger charge is -2.39. The Balaban J connectivity index is 0.845. The number of rotatable bonds is 8. The number of hydrogen-bond donors (Lipinski definition) is 4. The summed E-state index contributed by atoms with van der Waals surface area (Å²) in [5, 5.41) is 13.0. The minimum absolute atomic E-state index is 0.0219. The van der Waals surface area contributed by atoms with Crippen LogP contribution in [-0.4, -0.2) is 86.1 Å². The van der Waals surface area contributed by atoms with E-state index in [1.807, 2.05) is 24.3 Å². The fraction of sp³-hybridized carbons (Fsp3) is 0.423. The van der Waals surface area contributed by atoms with Crippen LogP contribution in [0, 0.1) is 34.4 Å². The molecule has 0 aromatic heterocycles. The number of imide groups is 1. The summed E-state index contributed by atoms with van der Waals surface area (Å²) in [6.07, 6.45) is 3.18. The number of carbonyl (C=O) groups is 4. The van der Waals surface area contributed by atoms with Crippen molar-refractivity contribution in [3.05, 3.63) is 116 Å². The second-order valence-corrected chi connectivity index (χ2v) is 23.3. The van der Waals surface area contributed by atoms with E-state index in [-0.39, 0.29) is 75.3 Å². The molecule has 10 rings (SSSR count). The molecule has 3 saturated heterocycles. The Hall–Kier alpha value is -5.50. The second kappa shape index (κ2) is 17.4. The summed E-state index contributed by atoms with van der Waals surface area (Å²) in [6.45, 7) is 7.62. The average Bonchev–Trinajstić information content (AvgIpc) is 3.51. The molecule has 5 aliphatic heterocycles. The van der Waals surface area contributed by atoms with Crippen LogP contribution in [0.15, 0.2) is 77.7 Å². The van der Waals surface area contributed by atoms with Crippen molar-refractivity contribution in [1.82, 2.24) is 19.8 Å². The standard InChI is InChI=1S/C52H53Cl2FN6O7S/c1-50(2,3)26-42-52(28-56-39-23-31(53)13-15-36(39)52)44(34-9-6-10-37(54)45(34)55)46(58-42)48(64)57-38-16-14-32(24-41(38)68-4)69(66,67)60-21-19-51(20-22-60)25-30(51)12-11-29-7-5-8-33-35(29)27-61(49(33)65)40-17-18-43(62)59-47(40)63/h5-10,13-16,23-24,30,40,42,44,46,56,58H,17-22,25-28H2,1-4H3,(H,57,64)(H,59,62,63)/t30-,40+,42+,44+,46-,52+/m1/s1. The monoisotopic (exact) mass is 994 g/mol. The van der Waals surface area contributed by atoms with Crippen molar-refractivity contribution in [2.45, 2.75) is 100 Å². The number of methoxy groups -OCH3 is 1. The SMILES string of the molecule is COc1cc(S(=O)(=O)N2CCC3(CC2)C[C@H]3C#Cc2cccc3c2CN([C@H]2CCC(=O)NC2=O)C3=O)ccc1NC(=O)[C@@H]1N[C@@H](CC(C)(C)C)[C@@]2(CNc3cc(Cl)ccc32)[C@H]1c1cccc(Cl)c1F. The second-order valence-electron chi connectivity index (χ2n) is 20.5. The van der Waals surface area contributed by atoms with Gasteiger partial charge in [0.15, 0.2) is 0 Å². The molecule has 4 N–H and O–H groups in total. The first-order valence-corrected chi connectivity index (χ1v) is 25.5. The molecule has 4 aromatic carbocycles. The van der Waals surface area contributed by atoms with Gasteiger partial charge in [0.2, 0.25) is 27.7 Å². The van der Waals surface area contributed by atoms with E-state index in [0.717, 1.165) is 28.8 Å². The highest BCUT2D eigenvalue weighted by Crippen LogP contribution is 2.60. The van der Waals surface area contributed by atoms with E-state index in [9.17, 15) is 27.6 Å². The first kappa shape index (κ1) is 47.2. The summed E-state index contributed by atoms with van der Waals surface area (Å²) in [4.78, 5) is 54.0. The van der Waals surface area contributed by atoms with Crippen LogP contribution < -0.4 is 26.0 Å². The molecule has 0 unspecified atom stereocenters. The lowest BCUT2D eigenvalue weighted by molar-refractivity contribution is -0.137. The molecule has 4 amide bonds. The van der Waals surface area contributed by atoms with E-state index in [4.69, 9.17) is 27.9 Å². The van der Waals surface area contributed by atoms with E-state index in [1.165, 1.54) is 40.6 Å². The molecule has 4 aromatic rings. The molecule has 1 saturated carbocycles. The van der Waals surface area contributed by atoms with Crippen LogP contribution in [0.4, 0.5) is 15.8 Å². The van der Waals surface area contributed by atoms with Gasteiger partial charge in [-0.05, 0) is 102 Å². The van der Waals surface area contributed by atoms with Crippen LogP contribution in [0.2, 0.25) is 10.0 Å². The lowest BCUT2D eigenvalue weighted by atomic mass is 9.63. The molecule has 69 heavy (non-hydrogen) atoms. The molecule has 6 atom stereocenters. The fourth-order valence-electron chi connectivity index (χ4n) is 11.7. The van der Waals surface area contributed by atoms with Gasteiger partial charge in [-0.1, -0.05) is 80.1 Å². The van der Waals surface area contributed by atoms with E-state index in [0.29, 0.717) is 55.0 Å². The zero-order valence-corrected chi connectivity index (χ0v) is 41.0. The Morgan fingerprint density at radius 1 is 1.01 bits per heavy atom. The predicted octanol–water partition coefficient (Wildman–Crippen LogP) is 7.61. The number of nitrogens with one attached hydrogen (secondary N) is 4. The number of nitrogens with zero attached hydrogens (tertiary/aromatic N) is 2. The number of benzene rings is 4. The number of sulfonamides is 1. The molecule has 4 fully saturated rings. The molecule has 13 nitrogen and oxygen atoms in total. The van der Waals surface area contributed by atoms with Crippen molar-refractivity contribution in [1.29, 1.82) is 0 Å². The Kier molecular flexibility index (Phi) is 11.9. The number of fused-ring (bicyclic) bond motifs is 3. The maximum Gasteiger partial charge on any atom is 0.255 e. The minimum atomic E-state index is -3.97. The van der Waals surface area contributed by atoms with Crippen LogP contribution in [0.25, 0.3) is 0 Å². The number of hydrogen-bond acceptors (Lipinski definition) is 9. The molecule has 0 bridgehead atoms. The van der Waals surface area contributed by atoms with Crippen molar-refractivity contribution in [2.75, 3.05) is 37.4 Å². The number of carbonyl (C=O) groups excluding carboxylic acids is 4. The largest absolute Gasteiger partial charge is 0.495 e. The molecule has 0 radical (unpaired) electrons. The van der Waals surface area contributed by atoms with Crippen LogP contribution in [0.3, 0.4) is 0 Å². The maximum atomic E-state index is 16.3. The first-order valence-electron chi connectivity index (χ1n) is 23.3. The molecule has 1 aliphatic carbocycles. The molecule has 360 valence electrons. The van der Waals surface area contributed by atoms with Gasteiger partial charge in [-0.2, -0.15) is 4.31 Å². The topological polar surface area (TPSA) is 166 Å². The van der Waals surface area contributed by atoms with Gasteiger partial charge in [0.05, 0.1) is 28.8 Å². The van der Waals surface area contributed by atoms with Crippen molar-refractivity contribution in [2.24, 2.45) is 16.7 Å². The molecule has 6 aliphatic rings. The Labute approximate surface area is 411 Å². The van der Waals surface area contributed by atoms with Gasteiger partial charge < -0.3 is 25.6 Å². The summed E-state index contributed by atoms with van der Waals surface area (Å²) < 4.78 is 52.0. The van der Waals surface area contributed by atoms with Crippen molar-refractivity contribution in [3.63, 3.8) is 0 Å². The zero-order valence-electron chi connectivity index (χ0n) is 38.7. The van der Waals surface area contributed by atoms with Gasteiger partial charge in [0.25, 0.3) is 5.91 Å². The van der Waals surface area contributed by atoms with Crippen molar-refractivity contribution in [3.8, 4) is 17.6 Å². The lowest BCUT2D eigenvalue weighted by Crippen LogP contribution is -2.52. The summed E-state index contributed by atoms with van der Waals surface area (Å²) in [5.74, 6) is 4.10. The number of amides is 4. The van der Waals surface area contributed by atoms with E-state index < -0.39 is 51.1 Å². The number of halogens is 3. The Bertz CT molecular complexity index is 3020. The molecular formula is C52H53Cl2FN6O7S. The highest BCUT2D eigenvalue weighted by atomic mass is 35.5. The third-order valence-corrected chi connectivity index (χ3v) is 17.7. The van der Waals surface area contributed by atoms with Gasteiger partial charge in [0, 0.05) is 83.8 Å². The summed E-state index contributed by atoms with van der Waals surface area (Å²) in [6, 6.07) is 18.3. The molecule has 17 heteroatoms. The van der Waals surface area contributed by atoms with Gasteiger partial charge in [-0.25, -0.2) is 12.8 Å². The molecule has 5 heterocycles. The Morgan fingerprint density at radius 2 is 1.78 bits per heavy atom. The minimum Gasteiger partial charge on any atom is -0.495 e. The molecule has 2 spiro atoms. The van der Waals surface area contributed by atoms with Gasteiger partial charge in [-0.3, -0.25) is 24.5 Å². The highest BCUT2D eigenvalue weighted by molar-refractivity contribution is 7.89. The van der Waals surface area contributed by atoms with Crippen LogP contribution in [-0.2, 0) is 36.4 Å². The smallest absolute Gasteiger partial charge is 0.255 e. The van der Waals surface area contributed by atoms with E-state index in [2.05, 4.69) is 53.9 Å². The first-order chi connectivity index (χ1) is 32.8. The van der Waals surface area contributed by atoms with Gasteiger partial charge >= 0.3 is 0 Å². The fourth-order valence-corrected chi connectivity index (χ4v) is 13.5. The molecular weight excluding hydrogens is 943 g/mol. The van der Waals surface area contributed by atoms with Gasteiger partial charge in [0.1, 0.15) is 17.6 Å². The normalized spacial score (nSPS) is 26.0. The van der Waals surface area contributed by atoms with Crippen LogP contribution in [0.1, 0.15) is 97.8 Å². The van der Waals surface area contributed by atoms with Crippen LogP contribution >= 0.6 is 23.2 Å².